The molecule has 0 aromatic heterocycles. The summed E-state index contributed by atoms with van der Waals surface area (Å²) in [4.78, 5) is 14.5. The quantitative estimate of drug-likeness (QED) is 0.686. The Bertz CT molecular complexity index is 581. The molecule has 0 aliphatic carbocycles. The molecule has 1 fully saturated rings. The van der Waals surface area contributed by atoms with Gasteiger partial charge in [0.25, 0.3) is 5.91 Å². The second kappa shape index (κ2) is 10.1. The molecule has 0 radical (unpaired) electrons. The first-order valence-corrected chi connectivity index (χ1v) is 9.51. The van der Waals surface area contributed by atoms with Gasteiger partial charge in [-0.05, 0) is 56.5 Å². The van der Waals surface area contributed by atoms with Crippen LogP contribution in [0, 0.1) is 5.92 Å². The van der Waals surface area contributed by atoms with Gasteiger partial charge in [-0.2, -0.15) is 0 Å². The van der Waals surface area contributed by atoms with Gasteiger partial charge in [0, 0.05) is 28.7 Å². The van der Waals surface area contributed by atoms with Crippen LogP contribution in [-0.2, 0) is 0 Å². The third-order valence-electron chi connectivity index (χ3n) is 4.48. The Hall–Kier alpha value is -1.10. The molecule has 0 saturated carbocycles. The highest BCUT2D eigenvalue weighted by molar-refractivity contribution is 6.35. The number of hydrogen-bond donors (Lipinski definition) is 1. The Morgan fingerprint density at radius 3 is 2.56 bits per heavy atom. The van der Waals surface area contributed by atoms with Gasteiger partial charge in [0.15, 0.2) is 0 Å². The molecule has 1 N–H and O–H groups in total. The molecule has 1 amide bonds. The number of alkyl halides is 1. The Morgan fingerprint density at radius 2 is 1.96 bits per heavy atom. The molecule has 6 heteroatoms. The van der Waals surface area contributed by atoms with Crippen LogP contribution in [0.4, 0.5) is 4.39 Å². The Labute approximate surface area is 159 Å². The lowest BCUT2D eigenvalue weighted by atomic mass is 9.96. The van der Waals surface area contributed by atoms with Gasteiger partial charge in [-0.25, -0.2) is 4.39 Å². The van der Waals surface area contributed by atoms with Gasteiger partial charge in [0.1, 0.15) is 6.17 Å². The van der Waals surface area contributed by atoms with Crippen molar-refractivity contribution in [2.75, 3.05) is 26.2 Å². The minimum atomic E-state index is -0.840. The van der Waals surface area contributed by atoms with E-state index in [9.17, 15) is 9.18 Å². The van der Waals surface area contributed by atoms with E-state index in [4.69, 9.17) is 23.2 Å². The standard InChI is InChI=1S/C19H25Cl2FN2O/c1-2-18(22)4-3-7-24-8-5-14(6-9-24)13-23-19(25)15-10-16(20)12-17(21)11-15/h3-4,10-12,14,18H,2,5-9,13H2,1H3,(H,23,25)/b4-3+. The molecule has 25 heavy (non-hydrogen) atoms. The normalized spacial score (nSPS) is 17.8. The molecule has 3 nitrogen and oxygen atoms in total. The summed E-state index contributed by atoms with van der Waals surface area (Å²) in [7, 11) is 0. The van der Waals surface area contributed by atoms with Crippen LogP contribution in [0.25, 0.3) is 0 Å². The molecule has 1 saturated heterocycles. The van der Waals surface area contributed by atoms with E-state index in [1.807, 2.05) is 13.0 Å². The molecule has 1 aliphatic rings. The number of nitrogens with one attached hydrogen (secondary N) is 1. The summed E-state index contributed by atoms with van der Waals surface area (Å²) in [6.45, 7) is 5.22. The molecule has 1 unspecified atom stereocenters. The van der Waals surface area contributed by atoms with Crippen molar-refractivity contribution in [1.82, 2.24) is 10.2 Å². The maximum Gasteiger partial charge on any atom is 0.251 e. The number of piperidine rings is 1. The minimum absolute atomic E-state index is 0.150. The molecular weight excluding hydrogens is 362 g/mol. The molecule has 2 rings (SSSR count). The van der Waals surface area contributed by atoms with Crippen LogP contribution in [0.1, 0.15) is 36.5 Å². The van der Waals surface area contributed by atoms with E-state index in [-0.39, 0.29) is 5.91 Å². The average molecular weight is 387 g/mol. The highest BCUT2D eigenvalue weighted by Crippen LogP contribution is 2.20. The molecule has 1 heterocycles. The first-order chi connectivity index (χ1) is 12.0. The fourth-order valence-corrected chi connectivity index (χ4v) is 3.42. The molecule has 0 bridgehead atoms. The predicted octanol–water partition coefficient (Wildman–Crippen LogP) is 4.74. The lowest BCUT2D eigenvalue weighted by Gasteiger charge is -2.31. The van der Waals surface area contributed by atoms with E-state index >= 15 is 0 Å². The third-order valence-corrected chi connectivity index (χ3v) is 4.92. The summed E-state index contributed by atoms with van der Waals surface area (Å²) in [5.74, 6) is 0.312. The highest BCUT2D eigenvalue weighted by atomic mass is 35.5. The fourth-order valence-electron chi connectivity index (χ4n) is 2.89. The van der Waals surface area contributed by atoms with E-state index in [2.05, 4.69) is 10.2 Å². The molecule has 1 atom stereocenters. The Morgan fingerprint density at radius 1 is 1.32 bits per heavy atom. The number of amides is 1. The number of benzene rings is 1. The third kappa shape index (κ3) is 6.96. The van der Waals surface area contributed by atoms with Crippen LogP contribution in [0.15, 0.2) is 30.4 Å². The fraction of sp³-hybridized carbons (Fsp3) is 0.526. The van der Waals surface area contributed by atoms with Gasteiger partial charge in [-0.1, -0.05) is 42.3 Å². The SMILES string of the molecule is CCC(F)/C=C/CN1CCC(CNC(=O)c2cc(Cl)cc(Cl)c2)CC1. The van der Waals surface area contributed by atoms with Crippen molar-refractivity contribution in [2.24, 2.45) is 5.92 Å². The van der Waals surface area contributed by atoms with E-state index in [1.165, 1.54) is 0 Å². The van der Waals surface area contributed by atoms with Gasteiger partial charge < -0.3 is 5.32 Å². The zero-order valence-electron chi connectivity index (χ0n) is 14.5. The average Bonchev–Trinajstić information content (AvgIpc) is 2.59. The van der Waals surface area contributed by atoms with Crippen LogP contribution in [0.3, 0.4) is 0 Å². The first kappa shape index (κ1) is 20.2. The molecule has 1 aromatic rings. The summed E-state index contributed by atoms with van der Waals surface area (Å²) in [6.07, 6.45) is 5.29. The zero-order valence-corrected chi connectivity index (χ0v) is 16.0. The van der Waals surface area contributed by atoms with E-state index in [0.717, 1.165) is 32.5 Å². The minimum Gasteiger partial charge on any atom is -0.352 e. The van der Waals surface area contributed by atoms with Crippen LogP contribution in [-0.4, -0.2) is 43.2 Å². The number of rotatable bonds is 7. The molecule has 0 spiro atoms. The number of nitrogens with zero attached hydrogens (tertiary/aromatic N) is 1. The van der Waals surface area contributed by atoms with Crippen LogP contribution in [0.2, 0.25) is 10.0 Å². The largest absolute Gasteiger partial charge is 0.352 e. The first-order valence-electron chi connectivity index (χ1n) is 8.75. The van der Waals surface area contributed by atoms with E-state index in [1.54, 1.807) is 24.3 Å². The van der Waals surface area contributed by atoms with Gasteiger partial charge in [-0.15, -0.1) is 0 Å². The predicted molar refractivity (Wildman–Crippen MR) is 102 cm³/mol. The Kier molecular flexibility index (Phi) is 8.20. The van der Waals surface area contributed by atoms with E-state index in [0.29, 0.717) is 34.5 Å². The summed E-state index contributed by atoms with van der Waals surface area (Å²) < 4.78 is 13.2. The summed E-state index contributed by atoms with van der Waals surface area (Å²) >= 11 is 11.9. The van der Waals surface area contributed by atoms with Crippen molar-refractivity contribution in [3.05, 3.63) is 46.0 Å². The van der Waals surface area contributed by atoms with Crippen molar-refractivity contribution < 1.29 is 9.18 Å². The number of carbonyl (C=O) groups is 1. The van der Waals surface area contributed by atoms with Crippen molar-refractivity contribution in [3.63, 3.8) is 0 Å². The number of carbonyl (C=O) groups excluding carboxylic acids is 1. The number of likely N-dealkylation sites (tertiary alicyclic amines) is 1. The van der Waals surface area contributed by atoms with E-state index < -0.39 is 6.17 Å². The Balaban J connectivity index is 1.71. The number of halogens is 3. The number of allylic oxidation sites excluding steroid dienone is 1. The topological polar surface area (TPSA) is 32.3 Å². The van der Waals surface area contributed by atoms with Crippen LogP contribution in [0.5, 0.6) is 0 Å². The van der Waals surface area contributed by atoms with Crippen LogP contribution < -0.4 is 5.32 Å². The van der Waals surface area contributed by atoms with Crippen LogP contribution >= 0.6 is 23.2 Å². The van der Waals surface area contributed by atoms with Gasteiger partial charge >= 0.3 is 0 Å². The molecule has 1 aromatic carbocycles. The van der Waals surface area contributed by atoms with Gasteiger partial charge in [0.05, 0.1) is 0 Å². The lowest BCUT2D eigenvalue weighted by Crippen LogP contribution is -2.38. The molecule has 1 aliphatic heterocycles. The van der Waals surface area contributed by atoms with Gasteiger partial charge in [-0.3, -0.25) is 9.69 Å². The smallest absolute Gasteiger partial charge is 0.251 e. The second-order valence-corrected chi connectivity index (χ2v) is 7.34. The van der Waals surface area contributed by atoms with Gasteiger partial charge in [0.2, 0.25) is 0 Å². The molecular formula is C19H25Cl2FN2O. The van der Waals surface area contributed by atoms with Crippen molar-refractivity contribution in [1.29, 1.82) is 0 Å². The number of hydrogen-bond acceptors (Lipinski definition) is 2. The van der Waals surface area contributed by atoms with Crippen molar-refractivity contribution >= 4 is 29.1 Å². The lowest BCUT2D eigenvalue weighted by molar-refractivity contribution is 0.0937. The maximum absolute atomic E-state index is 13.2. The molecule has 138 valence electrons. The summed E-state index contributed by atoms with van der Waals surface area (Å²) in [6, 6.07) is 4.84. The summed E-state index contributed by atoms with van der Waals surface area (Å²) in [5, 5.41) is 3.88. The zero-order chi connectivity index (χ0) is 18.2. The highest BCUT2D eigenvalue weighted by Gasteiger charge is 2.19. The van der Waals surface area contributed by atoms with Crippen molar-refractivity contribution in [3.8, 4) is 0 Å². The summed E-state index contributed by atoms with van der Waals surface area (Å²) in [5.41, 5.74) is 0.483. The monoisotopic (exact) mass is 386 g/mol. The second-order valence-electron chi connectivity index (χ2n) is 6.46. The van der Waals surface area contributed by atoms with Crippen molar-refractivity contribution in [2.45, 2.75) is 32.4 Å². The maximum atomic E-state index is 13.2.